The fourth-order valence-electron chi connectivity index (χ4n) is 0.618. The lowest BCUT2D eigenvalue weighted by atomic mass is 10.2. The zero-order valence-electron chi connectivity index (χ0n) is 7.00. The van der Waals surface area contributed by atoms with Crippen LogP contribution in [0.3, 0.4) is 0 Å². The first-order valence-electron chi connectivity index (χ1n) is 3.70. The van der Waals surface area contributed by atoms with Gasteiger partial charge >= 0.3 is 5.97 Å². The summed E-state index contributed by atoms with van der Waals surface area (Å²) in [6, 6.07) is 0. The quantitative estimate of drug-likeness (QED) is 0.348. The van der Waals surface area contributed by atoms with E-state index in [1.807, 2.05) is 13.8 Å². The van der Waals surface area contributed by atoms with Crippen molar-refractivity contribution in [2.45, 2.75) is 32.8 Å². The number of hydrogen-bond donors (Lipinski definition) is 0. The van der Waals surface area contributed by atoms with Gasteiger partial charge in [0.1, 0.15) is 6.10 Å². The Morgan fingerprint density at radius 1 is 1.73 bits per heavy atom. The smallest absolute Gasteiger partial charge is 0.293 e. The molecule has 3 nitrogen and oxygen atoms in total. The molecule has 0 rings (SSSR count). The predicted octanol–water partition coefficient (Wildman–Crippen LogP) is 1.84. The summed E-state index contributed by atoms with van der Waals surface area (Å²) in [5.74, 6) is -0.548. The predicted molar refractivity (Wildman–Crippen MR) is 41.7 cm³/mol. The zero-order valence-corrected chi connectivity index (χ0v) is 7.00. The highest BCUT2D eigenvalue weighted by Gasteiger charge is 2.03. The molecule has 1 atom stereocenters. The molecular weight excluding hydrogens is 144 g/mol. The third-order valence-corrected chi connectivity index (χ3v) is 1.16. The van der Waals surface area contributed by atoms with E-state index in [-0.39, 0.29) is 6.10 Å². The molecule has 0 aromatic heterocycles. The summed E-state index contributed by atoms with van der Waals surface area (Å²) in [7, 11) is 0. The van der Waals surface area contributed by atoms with E-state index in [1.165, 1.54) is 0 Å². The lowest BCUT2D eigenvalue weighted by molar-refractivity contribution is -0.291. The zero-order chi connectivity index (χ0) is 8.69. The molecule has 0 aromatic carbocycles. The van der Waals surface area contributed by atoms with Crippen LogP contribution in [0.5, 0.6) is 0 Å². The highest BCUT2D eigenvalue weighted by Crippen LogP contribution is 2.00. The summed E-state index contributed by atoms with van der Waals surface area (Å²) in [5, 5.41) is 0. The minimum Gasteiger partial charge on any atom is -0.293 e. The topological polar surface area (TPSA) is 35.5 Å². The number of carbonyl (C=O) groups excluding carboxylic acids is 1. The average Bonchev–Trinajstić information content (AvgIpc) is 2.01. The molecule has 0 radical (unpaired) electrons. The molecule has 0 fully saturated rings. The van der Waals surface area contributed by atoms with Gasteiger partial charge in [-0.2, -0.15) is 4.89 Å². The van der Waals surface area contributed by atoms with Gasteiger partial charge in [0.2, 0.25) is 0 Å². The fraction of sp³-hybridized carbons (Fsp3) is 0.625. The molecule has 0 aliphatic rings. The van der Waals surface area contributed by atoms with Gasteiger partial charge in [0, 0.05) is 6.08 Å². The van der Waals surface area contributed by atoms with Crippen LogP contribution < -0.4 is 0 Å². The normalized spacial score (nSPS) is 12.2. The van der Waals surface area contributed by atoms with Gasteiger partial charge in [-0.3, -0.25) is 4.89 Å². The summed E-state index contributed by atoms with van der Waals surface area (Å²) in [5.41, 5.74) is 0. The summed E-state index contributed by atoms with van der Waals surface area (Å²) < 4.78 is 0. The average molecular weight is 158 g/mol. The van der Waals surface area contributed by atoms with Crippen molar-refractivity contribution < 1.29 is 14.6 Å². The Kier molecular flexibility index (Phi) is 5.47. The van der Waals surface area contributed by atoms with Gasteiger partial charge < -0.3 is 0 Å². The summed E-state index contributed by atoms with van der Waals surface area (Å²) in [6.07, 6.45) is 2.92. The second kappa shape index (κ2) is 5.92. The van der Waals surface area contributed by atoms with Crippen LogP contribution in [0, 0.1) is 0 Å². The van der Waals surface area contributed by atoms with Crippen molar-refractivity contribution in [3.63, 3.8) is 0 Å². The molecule has 0 aliphatic heterocycles. The maximum atomic E-state index is 10.5. The first-order valence-corrected chi connectivity index (χ1v) is 3.70. The van der Waals surface area contributed by atoms with E-state index < -0.39 is 5.97 Å². The molecular formula is C8H14O3. The third-order valence-electron chi connectivity index (χ3n) is 1.16. The van der Waals surface area contributed by atoms with Crippen molar-refractivity contribution in [1.82, 2.24) is 0 Å². The van der Waals surface area contributed by atoms with Crippen LogP contribution in [0.4, 0.5) is 0 Å². The minimum atomic E-state index is -0.548. The van der Waals surface area contributed by atoms with Crippen molar-refractivity contribution in [3.05, 3.63) is 12.7 Å². The van der Waals surface area contributed by atoms with Gasteiger partial charge in [0.05, 0.1) is 0 Å². The second-order valence-electron chi connectivity index (χ2n) is 2.30. The Bertz CT molecular complexity index is 131. The lowest BCUT2D eigenvalue weighted by Gasteiger charge is -2.07. The van der Waals surface area contributed by atoms with E-state index >= 15 is 0 Å². The van der Waals surface area contributed by atoms with Gasteiger partial charge in [0.15, 0.2) is 0 Å². The van der Waals surface area contributed by atoms with Gasteiger partial charge in [-0.05, 0) is 13.3 Å². The van der Waals surface area contributed by atoms with E-state index in [1.54, 1.807) is 0 Å². The Morgan fingerprint density at radius 3 is 2.82 bits per heavy atom. The molecule has 0 spiro atoms. The van der Waals surface area contributed by atoms with Gasteiger partial charge in [-0.25, -0.2) is 4.79 Å². The molecule has 0 aliphatic carbocycles. The maximum Gasteiger partial charge on any atom is 0.365 e. The van der Waals surface area contributed by atoms with Crippen LogP contribution in [0.2, 0.25) is 0 Å². The molecule has 0 heterocycles. The summed E-state index contributed by atoms with van der Waals surface area (Å²) >= 11 is 0. The van der Waals surface area contributed by atoms with E-state index in [4.69, 9.17) is 4.89 Å². The van der Waals surface area contributed by atoms with Gasteiger partial charge in [-0.1, -0.05) is 19.9 Å². The van der Waals surface area contributed by atoms with Crippen LogP contribution >= 0.6 is 0 Å². The summed E-state index contributed by atoms with van der Waals surface area (Å²) in [4.78, 5) is 19.5. The first-order chi connectivity index (χ1) is 5.20. The van der Waals surface area contributed by atoms with Crippen LogP contribution in [-0.2, 0) is 14.6 Å². The largest absolute Gasteiger partial charge is 0.365 e. The maximum absolute atomic E-state index is 10.5. The Labute approximate surface area is 66.9 Å². The molecule has 0 saturated carbocycles. The molecule has 64 valence electrons. The van der Waals surface area contributed by atoms with Crippen molar-refractivity contribution in [1.29, 1.82) is 0 Å². The van der Waals surface area contributed by atoms with E-state index in [2.05, 4.69) is 11.5 Å². The summed E-state index contributed by atoms with van der Waals surface area (Å²) in [6.45, 7) is 7.11. The highest BCUT2D eigenvalue weighted by atomic mass is 17.2. The van der Waals surface area contributed by atoms with E-state index in [0.717, 1.165) is 18.9 Å². The molecule has 1 unspecified atom stereocenters. The number of hydrogen-bond acceptors (Lipinski definition) is 3. The molecule has 0 aromatic rings. The second-order valence-corrected chi connectivity index (χ2v) is 2.30. The van der Waals surface area contributed by atoms with E-state index in [9.17, 15) is 4.79 Å². The molecule has 3 heteroatoms. The fourth-order valence-corrected chi connectivity index (χ4v) is 0.618. The molecule has 0 saturated heterocycles. The van der Waals surface area contributed by atoms with Crippen molar-refractivity contribution in [2.75, 3.05) is 0 Å². The van der Waals surface area contributed by atoms with Gasteiger partial charge in [-0.15, -0.1) is 0 Å². The van der Waals surface area contributed by atoms with Crippen molar-refractivity contribution in [2.24, 2.45) is 0 Å². The first kappa shape index (κ1) is 10.2. The van der Waals surface area contributed by atoms with Crippen LogP contribution in [0.1, 0.15) is 26.7 Å². The Balaban J connectivity index is 3.37. The molecule has 11 heavy (non-hydrogen) atoms. The Morgan fingerprint density at radius 2 is 2.36 bits per heavy atom. The van der Waals surface area contributed by atoms with Crippen LogP contribution in [0.15, 0.2) is 12.7 Å². The van der Waals surface area contributed by atoms with Crippen LogP contribution in [-0.4, -0.2) is 12.1 Å². The van der Waals surface area contributed by atoms with Crippen molar-refractivity contribution in [3.8, 4) is 0 Å². The molecule has 0 bridgehead atoms. The molecule has 0 amide bonds. The van der Waals surface area contributed by atoms with Crippen LogP contribution in [0.25, 0.3) is 0 Å². The number of carbonyl (C=O) groups is 1. The highest BCUT2D eigenvalue weighted by molar-refractivity contribution is 5.80. The van der Waals surface area contributed by atoms with Gasteiger partial charge in [0.25, 0.3) is 0 Å². The van der Waals surface area contributed by atoms with E-state index in [0.29, 0.717) is 0 Å². The minimum absolute atomic E-state index is 0.0381. The SMILES string of the molecule is C=CC(=O)OOC(C)CCC. The number of rotatable bonds is 5. The Hall–Kier alpha value is -0.830. The molecule has 0 N–H and O–H groups in total. The lowest BCUT2D eigenvalue weighted by Crippen LogP contribution is -2.11. The third kappa shape index (κ3) is 5.61. The van der Waals surface area contributed by atoms with Crippen molar-refractivity contribution >= 4 is 5.97 Å². The monoisotopic (exact) mass is 158 g/mol. The standard InChI is InChI=1S/C8H14O3/c1-4-6-7(3)10-11-8(9)5-2/h5,7H,2,4,6H2,1,3H3.